The van der Waals surface area contributed by atoms with Crippen LogP contribution in [0.5, 0.6) is 0 Å². The average molecular weight is 267 g/mol. The minimum Gasteiger partial charge on any atom is -0.383 e. The van der Waals surface area contributed by atoms with Gasteiger partial charge in [0.2, 0.25) is 0 Å². The lowest BCUT2D eigenvalue weighted by molar-refractivity contribution is 0.447. The first-order chi connectivity index (χ1) is 8.93. The number of halogens is 3. The summed E-state index contributed by atoms with van der Waals surface area (Å²) in [6, 6.07) is 1.70. The van der Waals surface area contributed by atoms with Crippen LogP contribution in [0.3, 0.4) is 0 Å². The molecule has 0 fully saturated rings. The van der Waals surface area contributed by atoms with E-state index in [9.17, 15) is 13.2 Å². The molecule has 6 heteroatoms. The number of rotatable bonds is 2. The first kappa shape index (κ1) is 13.3. The number of hydrogen-bond acceptors (Lipinski definition) is 3. The molecule has 0 spiro atoms. The molecule has 2 rings (SSSR count). The molecule has 1 heterocycles. The lowest BCUT2D eigenvalue weighted by Gasteiger charge is -2.09. The lowest BCUT2D eigenvalue weighted by atomic mass is 10.1. The fraction of sp³-hybridized carbons (Fsp3) is 0.231. The normalized spacial score (nSPS) is 10.8. The summed E-state index contributed by atoms with van der Waals surface area (Å²) >= 11 is 0. The molecule has 0 atom stereocenters. The van der Waals surface area contributed by atoms with Crippen molar-refractivity contribution in [1.29, 1.82) is 0 Å². The van der Waals surface area contributed by atoms with E-state index >= 15 is 0 Å². The predicted octanol–water partition coefficient (Wildman–Crippen LogP) is 3.01. The van der Waals surface area contributed by atoms with Crippen LogP contribution in [-0.4, -0.2) is 9.97 Å². The maximum atomic E-state index is 13.2. The molecule has 2 aromatic rings. The van der Waals surface area contributed by atoms with Crippen molar-refractivity contribution >= 4 is 5.82 Å². The van der Waals surface area contributed by atoms with Gasteiger partial charge in [0.1, 0.15) is 5.82 Å². The zero-order valence-electron chi connectivity index (χ0n) is 10.5. The highest BCUT2D eigenvalue weighted by atomic mass is 19.2. The lowest BCUT2D eigenvalue weighted by Crippen LogP contribution is -2.05. The van der Waals surface area contributed by atoms with E-state index in [0.717, 1.165) is 17.7 Å². The maximum Gasteiger partial charge on any atom is 0.194 e. The third-order valence-electron chi connectivity index (χ3n) is 2.86. The molecule has 0 aliphatic heterocycles. The summed E-state index contributed by atoms with van der Waals surface area (Å²) in [7, 11) is 0. The molecule has 1 aromatic carbocycles. The molecule has 0 amide bonds. The van der Waals surface area contributed by atoms with Crippen LogP contribution in [0.2, 0.25) is 0 Å². The molecule has 0 bridgehead atoms. The minimum absolute atomic E-state index is 0.0535. The van der Waals surface area contributed by atoms with Gasteiger partial charge in [-0.25, -0.2) is 23.1 Å². The average Bonchev–Trinajstić information content (AvgIpc) is 2.38. The number of aryl methyl sites for hydroxylation is 1. The smallest absolute Gasteiger partial charge is 0.194 e. The van der Waals surface area contributed by atoms with Gasteiger partial charge in [-0.3, -0.25) is 0 Å². The quantitative estimate of drug-likeness (QED) is 0.851. The molecule has 3 nitrogen and oxygen atoms in total. The number of anilines is 1. The Balaban J connectivity index is 2.62. The second kappa shape index (κ2) is 4.87. The summed E-state index contributed by atoms with van der Waals surface area (Å²) < 4.78 is 39.3. The maximum absolute atomic E-state index is 13.2. The van der Waals surface area contributed by atoms with Gasteiger partial charge in [0.05, 0.1) is 0 Å². The van der Waals surface area contributed by atoms with Gasteiger partial charge >= 0.3 is 0 Å². The van der Waals surface area contributed by atoms with E-state index in [1.165, 1.54) is 0 Å². The van der Waals surface area contributed by atoms with Crippen LogP contribution in [0.4, 0.5) is 19.0 Å². The highest BCUT2D eigenvalue weighted by Gasteiger charge is 2.15. The van der Waals surface area contributed by atoms with Gasteiger partial charge in [0.25, 0.3) is 0 Å². The second-order valence-corrected chi connectivity index (χ2v) is 4.11. The van der Waals surface area contributed by atoms with Gasteiger partial charge in [0, 0.05) is 16.8 Å². The van der Waals surface area contributed by atoms with E-state index in [2.05, 4.69) is 9.97 Å². The van der Waals surface area contributed by atoms with Crippen LogP contribution in [0.25, 0.3) is 11.4 Å². The van der Waals surface area contributed by atoms with Crippen LogP contribution in [-0.2, 0) is 6.42 Å². The summed E-state index contributed by atoms with van der Waals surface area (Å²) in [4.78, 5) is 8.16. The first-order valence-electron chi connectivity index (χ1n) is 5.72. The Morgan fingerprint density at radius 1 is 1.11 bits per heavy atom. The standard InChI is InChI=1S/C13H12F3N3/c1-3-10-6(2)12(17)19-13(18-10)7-4-8(14)11(16)9(15)5-7/h4-5H,3H2,1-2H3,(H2,17,18,19). The molecule has 0 saturated carbocycles. The van der Waals surface area contributed by atoms with Crippen molar-refractivity contribution in [2.75, 3.05) is 5.73 Å². The van der Waals surface area contributed by atoms with Crippen molar-refractivity contribution in [2.24, 2.45) is 0 Å². The zero-order valence-corrected chi connectivity index (χ0v) is 10.5. The van der Waals surface area contributed by atoms with Gasteiger partial charge in [0.15, 0.2) is 23.3 Å². The van der Waals surface area contributed by atoms with E-state index < -0.39 is 17.5 Å². The van der Waals surface area contributed by atoms with E-state index in [4.69, 9.17) is 5.73 Å². The molecule has 1 aromatic heterocycles. The zero-order chi connectivity index (χ0) is 14.2. The number of hydrogen-bond donors (Lipinski definition) is 1. The minimum atomic E-state index is -1.51. The first-order valence-corrected chi connectivity index (χ1v) is 5.72. The monoisotopic (exact) mass is 267 g/mol. The molecule has 2 N–H and O–H groups in total. The van der Waals surface area contributed by atoms with Crippen molar-refractivity contribution < 1.29 is 13.2 Å². The van der Waals surface area contributed by atoms with Crippen LogP contribution in [0.1, 0.15) is 18.2 Å². The van der Waals surface area contributed by atoms with Gasteiger partial charge in [-0.2, -0.15) is 0 Å². The van der Waals surface area contributed by atoms with Crippen molar-refractivity contribution in [2.45, 2.75) is 20.3 Å². The van der Waals surface area contributed by atoms with Gasteiger partial charge in [-0.1, -0.05) is 6.92 Å². The molecule has 0 radical (unpaired) electrons. The third kappa shape index (κ3) is 2.38. The summed E-state index contributed by atoms with van der Waals surface area (Å²) in [6.07, 6.45) is 0.609. The molecule has 0 unspecified atom stereocenters. The Bertz CT molecular complexity index is 618. The number of nitrogens with two attached hydrogens (primary N) is 1. The number of nitrogens with zero attached hydrogens (tertiary/aromatic N) is 2. The molecule has 0 saturated heterocycles. The fourth-order valence-electron chi connectivity index (χ4n) is 1.74. The van der Waals surface area contributed by atoms with Crippen molar-refractivity contribution in [3.63, 3.8) is 0 Å². The van der Waals surface area contributed by atoms with Gasteiger partial charge in [-0.15, -0.1) is 0 Å². The van der Waals surface area contributed by atoms with Crippen molar-refractivity contribution in [1.82, 2.24) is 9.97 Å². The third-order valence-corrected chi connectivity index (χ3v) is 2.86. The SMILES string of the molecule is CCc1nc(-c2cc(F)c(F)c(F)c2)nc(N)c1C. The number of aromatic nitrogens is 2. The van der Waals surface area contributed by atoms with Crippen molar-refractivity contribution in [3.8, 4) is 11.4 Å². The molecule has 100 valence electrons. The van der Waals surface area contributed by atoms with E-state index in [1.54, 1.807) is 6.92 Å². The Morgan fingerprint density at radius 2 is 1.68 bits per heavy atom. The number of benzene rings is 1. The largest absolute Gasteiger partial charge is 0.383 e. The summed E-state index contributed by atoms with van der Waals surface area (Å²) in [5.41, 5.74) is 7.20. The second-order valence-electron chi connectivity index (χ2n) is 4.11. The molecule has 19 heavy (non-hydrogen) atoms. The van der Waals surface area contributed by atoms with E-state index in [-0.39, 0.29) is 17.2 Å². The Labute approximate surface area is 108 Å². The molecular formula is C13H12F3N3. The highest BCUT2D eigenvalue weighted by Crippen LogP contribution is 2.23. The van der Waals surface area contributed by atoms with Crippen molar-refractivity contribution in [3.05, 3.63) is 40.8 Å². The fourth-order valence-corrected chi connectivity index (χ4v) is 1.74. The molecule has 0 aliphatic rings. The Hall–Kier alpha value is -2.11. The molecule has 0 aliphatic carbocycles. The topological polar surface area (TPSA) is 51.8 Å². The van der Waals surface area contributed by atoms with E-state index in [0.29, 0.717) is 12.1 Å². The molecular weight excluding hydrogens is 255 g/mol. The van der Waals surface area contributed by atoms with Gasteiger partial charge < -0.3 is 5.73 Å². The Kier molecular flexibility index (Phi) is 3.42. The van der Waals surface area contributed by atoms with Crippen LogP contribution in [0, 0.1) is 24.4 Å². The highest BCUT2D eigenvalue weighted by molar-refractivity contribution is 5.59. The number of nitrogen functional groups attached to an aromatic ring is 1. The summed E-state index contributed by atoms with van der Waals surface area (Å²) in [5, 5.41) is 0. The Morgan fingerprint density at radius 3 is 2.21 bits per heavy atom. The van der Waals surface area contributed by atoms with Gasteiger partial charge in [-0.05, 0) is 25.5 Å². The van der Waals surface area contributed by atoms with E-state index in [1.807, 2.05) is 6.92 Å². The predicted molar refractivity (Wildman–Crippen MR) is 65.9 cm³/mol. The van der Waals surface area contributed by atoms with Crippen LogP contribution in [0.15, 0.2) is 12.1 Å². The summed E-state index contributed by atoms with van der Waals surface area (Å²) in [5.74, 6) is -3.75. The van der Waals surface area contributed by atoms with Crippen LogP contribution < -0.4 is 5.73 Å². The van der Waals surface area contributed by atoms with Crippen LogP contribution >= 0.6 is 0 Å². The summed E-state index contributed by atoms with van der Waals surface area (Å²) in [6.45, 7) is 3.65.